The first-order valence-electron chi connectivity index (χ1n) is 3.97. The number of carbonyl (C=O) groups is 1. The summed E-state index contributed by atoms with van der Waals surface area (Å²) in [5.41, 5.74) is 1.73. The Morgan fingerprint density at radius 3 is 2.31 bits per heavy atom. The predicted octanol–water partition coefficient (Wildman–Crippen LogP) is 2.93. The Hall–Kier alpha value is -0.830. The van der Waals surface area contributed by atoms with Crippen LogP contribution in [0.1, 0.15) is 27.7 Å². The van der Waals surface area contributed by atoms with Crippen LogP contribution in [0.15, 0.2) is 24.3 Å². The van der Waals surface area contributed by atoms with E-state index in [1.165, 1.54) is 7.11 Å². The van der Waals surface area contributed by atoms with Gasteiger partial charge in [-0.2, -0.15) is 0 Å². The summed E-state index contributed by atoms with van der Waals surface area (Å²) in [6.45, 7) is 2.03. The zero-order valence-electron chi connectivity index (χ0n) is 7.58. The summed E-state index contributed by atoms with van der Waals surface area (Å²) in [5, 5.41) is 0. The quantitative estimate of drug-likeness (QED) is 0.589. The van der Waals surface area contributed by atoms with Crippen LogP contribution in [-0.4, -0.2) is 13.1 Å². The lowest BCUT2D eigenvalue weighted by atomic mass is 10.1. The molecule has 70 valence electrons. The summed E-state index contributed by atoms with van der Waals surface area (Å²) >= 11 is 3.44. The molecule has 1 unspecified atom stereocenters. The Balaban J connectivity index is 2.87. The van der Waals surface area contributed by atoms with Crippen LogP contribution in [0.2, 0.25) is 0 Å². The number of hydrogen-bond acceptors (Lipinski definition) is 2. The Labute approximate surface area is 86.0 Å². The highest BCUT2D eigenvalue weighted by molar-refractivity contribution is 9.09. The summed E-state index contributed by atoms with van der Waals surface area (Å²) in [4.78, 5) is 11.4. The van der Waals surface area contributed by atoms with Crippen molar-refractivity contribution in [2.24, 2.45) is 0 Å². The minimum absolute atomic E-state index is 0.297. The summed E-state index contributed by atoms with van der Waals surface area (Å²) in [6.07, 6.45) is 0. The third-order valence-corrected chi connectivity index (χ3v) is 2.32. The van der Waals surface area contributed by atoms with Crippen LogP contribution in [0, 0.1) is 0 Å². The summed E-state index contributed by atoms with van der Waals surface area (Å²) in [5.74, 6) is -0.297. The van der Waals surface area contributed by atoms with Gasteiger partial charge in [-0.15, -0.1) is 0 Å². The van der Waals surface area contributed by atoms with Crippen molar-refractivity contribution in [3.05, 3.63) is 35.4 Å². The Morgan fingerprint density at radius 2 is 1.92 bits per heavy atom. The first-order valence-corrected chi connectivity index (χ1v) is 4.89. The molecule has 1 aromatic rings. The molecule has 0 aliphatic carbocycles. The standard InChI is InChI=1S/C10H11BrO2/c1-7(11)8-3-5-9(6-4-8)10(12)13-2/h3-7H,1-2H3. The number of carbonyl (C=O) groups excluding carboxylic acids is 1. The second-order valence-electron chi connectivity index (χ2n) is 2.73. The fourth-order valence-corrected chi connectivity index (χ4v) is 1.31. The van der Waals surface area contributed by atoms with Crippen LogP contribution < -0.4 is 0 Å². The zero-order chi connectivity index (χ0) is 9.84. The van der Waals surface area contributed by atoms with Gasteiger partial charge in [-0.25, -0.2) is 4.79 Å². The van der Waals surface area contributed by atoms with E-state index in [1.54, 1.807) is 12.1 Å². The van der Waals surface area contributed by atoms with E-state index in [4.69, 9.17) is 0 Å². The van der Waals surface area contributed by atoms with Crippen molar-refractivity contribution in [2.45, 2.75) is 11.8 Å². The molecule has 1 aromatic carbocycles. The Kier molecular flexibility index (Phi) is 3.48. The van der Waals surface area contributed by atoms with Crippen molar-refractivity contribution in [2.75, 3.05) is 7.11 Å². The molecule has 0 aliphatic rings. The second-order valence-corrected chi connectivity index (χ2v) is 4.10. The lowest BCUT2D eigenvalue weighted by Crippen LogP contribution is -2.00. The molecular weight excluding hydrogens is 232 g/mol. The molecule has 0 saturated heterocycles. The first kappa shape index (κ1) is 10.3. The van der Waals surface area contributed by atoms with Gasteiger partial charge in [0.15, 0.2) is 0 Å². The number of hydrogen-bond donors (Lipinski definition) is 0. The fraction of sp³-hybridized carbons (Fsp3) is 0.300. The maximum Gasteiger partial charge on any atom is 0.337 e. The van der Waals surface area contributed by atoms with Crippen LogP contribution in [0.4, 0.5) is 0 Å². The van der Waals surface area contributed by atoms with Gasteiger partial charge in [0.05, 0.1) is 12.7 Å². The van der Waals surface area contributed by atoms with Crippen molar-refractivity contribution in [3.63, 3.8) is 0 Å². The van der Waals surface area contributed by atoms with E-state index in [0.29, 0.717) is 10.4 Å². The minimum atomic E-state index is -0.297. The molecule has 3 heteroatoms. The molecule has 1 rings (SSSR count). The number of benzene rings is 1. The van der Waals surface area contributed by atoms with Gasteiger partial charge in [0, 0.05) is 4.83 Å². The number of ether oxygens (including phenoxy) is 1. The molecule has 0 heterocycles. The lowest BCUT2D eigenvalue weighted by molar-refractivity contribution is 0.0600. The van der Waals surface area contributed by atoms with Gasteiger partial charge in [0.2, 0.25) is 0 Å². The highest BCUT2D eigenvalue weighted by Gasteiger charge is 2.05. The molecule has 1 atom stereocenters. The summed E-state index contributed by atoms with van der Waals surface area (Å²) in [6, 6.07) is 7.34. The van der Waals surface area contributed by atoms with Gasteiger partial charge in [-0.3, -0.25) is 0 Å². The average molecular weight is 243 g/mol. The van der Waals surface area contributed by atoms with Gasteiger partial charge in [0.25, 0.3) is 0 Å². The third-order valence-electron chi connectivity index (χ3n) is 1.79. The van der Waals surface area contributed by atoms with E-state index in [9.17, 15) is 4.79 Å². The Morgan fingerprint density at radius 1 is 1.38 bits per heavy atom. The van der Waals surface area contributed by atoms with Crippen LogP contribution in [-0.2, 0) is 4.74 Å². The maximum absolute atomic E-state index is 11.1. The van der Waals surface area contributed by atoms with Crippen molar-refractivity contribution in [1.29, 1.82) is 0 Å². The third kappa shape index (κ3) is 2.56. The predicted molar refractivity (Wildman–Crippen MR) is 55.1 cm³/mol. The smallest absolute Gasteiger partial charge is 0.337 e. The maximum atomic E-state index is 11.1. The SMILES string of the molecule is COC(=O)c1ccc(C(C)Br)cc1. The monoisotopic (exact) mass is 242 g/mol. The van der Waals surface area contributed by atoms with Gasteiger partial charge in [-0.05, 0) is 24.6 Å². The van der Waals surface area contributed by atoms with Crippen LogP contribution in [0.5, 0.6) is 0 Å². The molecule has 0 saturated carbocycles. The summed E-state index contributed by atoms with van der Waals surface area (Å²) < 4.78 is 4.59. The fourth-order valence-electron chi connectivity index (χ4n) is 1.00. The molecule has 13 heavy (non-hydrogen) atoms. The molecule has 0 spiro atoms. The molecular formula is C10H11BrO2. The number of rotatable bonds is 2. The van der Waals surface area contributed by atoms with Crippen molar-refractivity contribution >= 4 is 21.9 Å². The molecule has 0 aromatic heterocycles. The van der Waals surface area contributed by atoms with Gasteiger partial charge < -0.3 is 4.74 Å². The topological polar surface area (TPSA) is 26.3 Å². The molecule has 0 fully saturated rings. The normalized spacial score (nSPS) is 12.2. The lowest BCUT2D eigenvalue weighted by Gasteiger charge is -2.04. The van der Waals surface area contributed by atoms with Gasteiger partial charge in [-0.1, -0.05) is 28.1 Å². The van der Waals surface area contributed by atoms with E-state index in [-0.39, 0.29) is 5.97 Å². The number of halogens is 1. The highest BCUT2D eigenvalue weighted by atomic mass is 79.9. The van der Waals surface area contributed by atoms with Crippen LogP contribution >= 0.6 is 15.9 Å². The molecule has 0 bridgehead atoms. The van der Waals surface area contributed by atoms with Gasteiger partial charge in [0.1, 0.15) is 0 Å². The number of alkyl halides is 1. The Bertz CT molecular complexity index is 290. The number of methoxy groups -OCH3 is 1. The van der Waals surface area contributed by atoms with E-state index < -0.39 is 0 Å². The van der Waals surface area contributed by atoms with Crippen LogP contribution in [0.25, 0.3) is 0 Å². The zero-order valence-corrected chi connectivity index (χ0v) is 9.17. The van der Waals surface area contributed by atoms with Crippen LogP contribution in [0.3, 0.4) is 0 Å². The molecule has 2 nitrogen and oxygen atoms in total. The largest absolute Gasteiger partial charge is 0.465 e. The second kappa shape index (κ2) is 4.42. The molecule has 0 amide bonds. The minimum Gasteiger partial charge on any atom is -0.465 e. The van der Waals surface area contributed by atoms with Crippen molar-refractivity contribution in [1.82, 2.24) is 0 Å². The van der Waals surface area contributed by atoms with E-state index >= 15 is 0 Å². The summed E-state index contributed by atoms with van der Waals surface area (Å²) in [7, 11) is 1.38. The van der Waals surface area contributed by atoms with Crippen molar-refractivity contribution in [3.8, 4) is 0 Å². The molecule has 0 radical (unpaired) electrons. The van der Waals surface area contributed by atoms with E-state index in [1.807, 2.05) is 19.1 Å². The molecule has 0 N–H and O–H groups in total. The van der Waals surface area contributed by atoms with Gasteiger partial charge >= 0.3 is 5.97 Å². The molecule has 0 aliphatic heterocycles. The van der Waals surface area contributed by atoms with Crippen molar-refractivity contribution < 1.29 is 9.53 Å². The first-order chi connectivity index (χ1) is 6.15. The van der Waals surface area contributed by atoms with E-state index in [0.717, 1.165) is 5.56 Å². The number of esters is 1. The highest BCUT2D eigenvalue weighted by Crippen LogP contribution is 2.21. The average Bonchev–Trinajstić information content (AvgIpc) is 2.17. The van der Waals surface area contributed by atoms with E-state index in [2.05, 4.69) is 20.7 Å².